The van der Waals surface area contributed by atoms with Crippen LogP contribution in [0.15, 0.2) is 11.7 Å². The Labute approximate surface area is 146 Å². The Morgan fingerprint density at radius 3 is 2.83 bits per heavy atom. The lowest BCUT2D eigenvalue weighted by molar-refractivity contribution is -0.162. The number of nitrogens with zero attached hydrogens (tertiary/aromatic N) is 2. The normalized spacial score (nSPS) is 27.4. The molecule has 1 saturated heterocycles. The number of alkyl halides is 3. The number of hydrogen-bond donors (Lipinski definition) is 3. The van der Waals surface area contributed by atoms with E-state index in [2.05, 4.69) is 16.4 Å². The van der Waals surface area contributed by atoms with Crippen molar-refractivity contribution in [2.24, 2.45) is 11.7 Å². The van der Waals surface area contributed by atoms with E-state index in [1.165, 1.54) is 23.1 Å². The summed E-state index contributed by atoms with van der Waals surface area (Å²) in [4.78, 5) is 4.87. The number of aliphatic hydroxyl groups is 1. The second-order valence-electron chi connectivity index (χ2n) is 5.70. The second-order valence-corrected chi connectivity index (χ2v) is 7.97. The number of thiazole rings is 1. The van der Waals surface area contributed by atoms with Crippen LogP contribution in [-0.2, 0) is 0 Å². The molecule has 4 N–H and O–H groups in total. The lowest BCUT2D eigenvalue weighted by atomic mass is 9.95. The van der Waals surface area contributed by atoms with Crippen molar-refractivity contribution in [3.8, 4) is 6.07 Å². The van der Waals surface area contributed by atoms with E-state index in [1.807, 2.05) is 0 Å². The van der Waals surface area contributed by atoms with Gasteiger partial charge in [0.15, 0.2) is 0 Å². The van der Waals surface area contributed by atoms with Crippen molar-refractivity contribution >= 4 is 23.1 Å². The van der Waals surface area contributed by atoms with Gasteiger partial charge in [-0.15, -0.1) is 23.1 Å². The quantitative estimate of drug-likeness (QED) is 0.702. The average Bonchev–Trinajstić information content (AvgIpc) is 3.07. The van der Waals surface area contributed by atoms with E-state index < -0.39 is 29.6 Å². The Kier molecular flexibility index (Phi) is 6.88. The Balaban J connectivity index is 2.13. The van der Waals surface area contributed by atoms with Crippen molar-refractivity contribution in [3.05, 3.63) is 16.6 Å². The van der Waals surface area contributed by atoms with Crippen molar-refractivity contribution in [1.82, 2.24) is 10.3 Å². The molecule has 24 heavy (non-hydrogen) atoms. The molecule has 0 aliphatic carbocycles. The highest BCUT2D eigenvalue weighted by Crippen LogP contribution is 2.42. The summed E-state index contributed by atoms with van der Waals surface area (Å²) in [6.45, 7) is -0.208. The van der Waals surface area contributed by atoms with Gasteiger partial charge in [-0.25, -0.2) is 0 Å². The minimum atomic E-state index is -4.33. The molecule has 1 aromatic heterocycles. The van der Waals surface area contributed by atoms with Gasteiger partial charge in [-0.05, 0) is 19.3 Å². The molecule has 1 fully saturated rings. The molecule has 1 aliphatic rings. The Morgan fingerprint density at radius 2 is 2.29 bits per heavy atom. The molecule has 0 saturated carbocycles. The predicted molar refractivity (Wildman–Crippen MR) is 87.2 cm³/mol. The molecule has 2 rings (SSSR count). The van der Waals surface area contributed by atoms with Crippen LogP contribution in [0.1, 0.15) is 29.4 Å². The number of aromatic nitrogens is 1. The van der Waals surface area contributed by atoms with Crippen LogP contribution in [0.3, 0.4) is 0 Å². The van der Waals surface area contributed by atoms with Gasteiger partial charge in [-0.2, -0.15) is 18.4 Å². The number of nitrogens with two attached hydrogens (primary N) is 1. The zero-order valence-electron chi connectivity index (χ0n) is 12.7. The van der Waals surface area contributed by atoms with Gasteiger partial charge in [0, 0.05) is 22.4 Å². The molecule has 2 heterocycles. The van der Waals surface area contributed by atoms with Crippen molar-refractivity contribution in [3.63, 3.8) is 0 Å². The third kappa shape index (κ3) is 5.07. The number of rotatable bonds is 6. The van der Waals surface area contributed by atoms with Gasteiger partial charge < -0.3 is 10.8 Å². The fraction of sp³-hybridized carbons (Fsp3) is 0.714. The monoisotopic (exact) mass is 380 g/mol. The summed E-state index contributed by atoms with van der Waals surface area (Å²) in [5.74, 6) is -0.505. The molecule has 5 nitrogen and oxygen atoms in total. The van der Waals surface area contributed by atoms with Crippen LogP contribution in [0.4, 0.5) is 13.2 Å². The average molecular weight is 380 g/mol. The molecule has 1 aliphatic heterocycles. The summed E-state index contributed by atoms with van der Waals surface area (Å²) in [6, 6.07) is 0.0174. The van der Waals surface area contributed by atoms with Crippen LogP contribution in [0.25, 0.3) is 0 Å². The van der Waals surface area contributed by atoms with Crippen LogP contribution in [-0.4, -0.2) is 40.3 Å². The Bertz CT molecular complexity index is 549. The summed E-state index contributed by atoms with van der Waals surface area (Å²) in [5, 5.41) is 20.1. The fourth-order valence-electron chi connectivity index (χ4n) is 2.57. The number of piperidine rings is 1. The second kappa shape index (κ2) is 8.49. The van der Waals surface area contributed by atoms with Gasteiger partial charge in [0.25, 0.3) is 0 Å². The van der Waals surface area contributed by atoms with Gasteiger partial charge in [0.1, 0.15) is 6.04 Å². The van der Waals surface area contributed by atoms with Gasteiger partial charge in [-0.3, -0.25) is 10.3 Å². The van der Waals surface area contributed by atoms with Crippen LogP contribution < -0.4 is 11.1 Å². The maximum absolute atomic E-state index is 13.0. The maximum Gasteiger partial charge on any atom is 0.403 e. The molecule has 0 aromatic carbocycles. The number of nitrogens with one attached hydrogen (secondary N) is 1. The highest BCUT2D eigenvalue weighted by Gasteiger charge is 2.45. The zero-order chi connectivity index (χ0) is 17.7. The van der Waals surface area contributed by atoms with Crippen molar-refractivity contribution in [2.75, 3.05) is 6.61 Å². The third-order valence-corrected chi connectivity index (χ3v) is 6.46. The van der Waals surface area contributed by atoms with E-state index in [4.69, 9.17) is 5.73 Å². The first-order chi connectivity index (χ1) is 11.3. The van der Waals surface area contributed by atoms with Crippen molar-refractivity contribution in [1.29, 1.82) is 5.26 Å². The summed E-state index contributed by atoms with van der Waals surface area (Å²) in [5.41, 5.74) is 7.45. The van der Waals surface area contributed by atoms with E-state index in [0.717, 1.165) is 4.88 Å². The predicted octanol–water partition coefficient (Wildman–Crippen LogP) is 2.41. The molecule has 0 spiro atoms. The molecule has 134 valence electrons. The Morgan fingerprint density at radius 1 is 1.54 bits per heavy atom. The van der Waals surface area contributed by atoms with Gasteiger partial charge in [0.2, 0.25) is 0 Å². The molecule has 1 aromatic rings. The molecule has 10 heteroatoms. The lowest BCUT2D eigenvalue weighted by Crippen LogP contribution is -2.52. The highest BCUT2D eigenvalue weighted by molar-refractivity contribution is 8.00. The van der Waals surface area contributed by atoms with E-state index >= 15 is 0 Å². The lowest BCUT2D eigenvalue weighted by Gasteiger charge is -2.36. The smallest absolute Gasteiger partial charge is 0.395 e. The van der Waals surface area contributed by atoms with Crippen LogP contribution >= 0.6 is 23.1 Å². The van der Waals surface area contributed by atoms with Crippen molar-refractivity contribution in [2.45, 2.75) is 48.1 Å². The first-order valence-electron chi connectivity index (χ1n) is 7.47. The van der Waals surface area contributed by atoms with Crippen LogP contribution in [0.2, 0.25) is 0 Å². The van der Waals surface area contributed by atoms with Gasteiger partial charge >= 0.3 is 6.18 Å². The minimum Gasteiger partial charge on any atom is -0.395 e. The number of halogens is 3. The molecule has 0 bridgehead atoms. The first kappa shape index (κ1) is 19.5. The number of hydrogen-bond acceptors (Lipinski definition) is 7. The fourth-order valence-corrected chi connectivity index (χ4v) is 5.05. The maximum atomic E-state index is 13.0. The van der Waals surface area contributed by atoms with E-state index in [9.17, 15) is 23.5 Å². The first-order valence-corrected chi connectivity index (χ1v) is 9.30. The largest absolute Gasteiger partial charge is 0.403 e. The van der Waals surface area contributed by atoms with Crippen LogP contribution in [0, 0.1) is 17.2 Å². The molecular weight excluding hydrogens is 361 g/mol. The summed E-state index contributed by atoms with van der Waals surface area (Å²) < 4.78 is 39.0. The van der Waals surface area contributed by atoms with E-state index in [0.29, 0.717) is 6.42 Å². The molecule has 0 radical (unpaired) electrons. The molecule has 0 amide bonds. The molecule has 3 unspecified atom stereocenters. The minimum absolute atomic E-state index is 0.0971. The van der Waals surface area contributed by atoms with Crippen molar-refractivity contribution < 1.29 is 18.3 Å². The molecule has 5 atom stereocenters. The third-order valence-electron chi connectivity index (χ3n) is 3.89. The number of aliphatic hydroxyl groups excluding tert-OH is 1. The highest BCUT2D eigenvalue weighted by atomic mass is 32.2. The summed E-state index contributed by atoms with van der Waals surface area (Å²) in [6.07, 6.45) is -2.18. The van der Waals surface area contributed by atoms with E-state index in [-0.39, 0.29) is 24.7 Å². The SMILES string of the molecule is N#CC1CCC(C(F)(F)F)NC1S[C@H](C[C@H](N)CO)c1cncs1. The van der Waals surface area contributed by atoms with Gasteiger partial charge in [-0.1, -0.05) is 0 Å². The Hall–Kier alpha value is -0.860. The van der Waals surface area contributed by atoms with Crippen LogP contribution in [0.5, 0.6) is 0 Å². The summed E-state index contributed by atoms with van der Waals surface area (Å²) >= 11 is 2.65. The van der Waals surface area contributed by atoms with Gasteiger partial charge in [0.05, 0.1) is 29.5 Å². The standard InChI is InChI=1S/C14H19F3N4OS2/c15-14(16,17)12-2-1-8(4-18)13(21-12)24-10(3-9(19)6-22)11-5-20-7-23-11/h5,7-10,12-13,21-22H,1-3,6,19H2/t8?,9-,10+,12?,13?/m0/s1. The van der Waals surface area contributed by atoms with E-state index in [1.54, 1.807) is 11.7 Å². The number of thioether (sulfide) groups is 1. The zero-order valence-corrected chi connectivity index (χ0v) is 14.4. The molecular formula is C14H19F3N4OS2. The topological polar surface area (TPSA) is 95.0 Å². The number of nitriles is 1. The summed E-state index contributed by atoms with van der Waals surface area (Å²) in [7, 11) is 0.